The molecule has 2 aliphatic heterocycles. The summed E-state index contributed by atoms with van der Waals surface area (Å²) in [5.74, 6) is -5.14. The minimum atomic E-state index is -2.35. The Hall–Kier alpha value is -5.55. The third-order valence-electron chi connectivity index (χ3n) is 15.6. The maximum atomic E-state index is 17.8. The van der Waals surface area contributed by atoms with E-state index < -0.39 is 106 Å². The zero-order valence-corrected chi connectivity index (χ0v) is 38.1. The van der Waals surface area contributed by atoms with Gasteiger partial charge in [-0.1, -0.05) is 56.3 Å². The van der Waals surface area contributed by atoms with Gasteiger partial charge in [-0.05, 0) is 80.4 Å². The number of rotatable bonds is 16. The lowest BCUT2D eigenvalue weighted by atomic mass is 9.44. The number of nitrogens with one attached hydrogen (secondary N) is 1. The molecule has 0 spiro atoms. The van der Waals surface area contributed by atoms with E-state index in [1.807, 2.05) is 24.3 Å². The molecule has 67 heavy (non-hydrogen) atoms. The van der Waals surface area contributed by atoms with Crippen molar-refractivity contribution in [2.45, 2.75) is 115 Å². The van der Waals surface area contributed by atoms with Gasteiger partial charge in [0.2, 0.25) is 5.91 Å². The number of hydrogen-bond acceptors (Lipinski definition) is 12. The van der Waals surface area contributed by atoms with Crippen LogP contribution in [0.1, 0.15) is 88.3 Å². The van der Waals surface area contributed by atoms with E-state index in [2.05, 4.69) is 5.32 Å². The molecule has 3 amide bonds. The van der Waals surface area contributed by atoms with E-state index in [4.69, 9.17) is 14.2 Å². The highest BCUT2D eigenvalue weighted by Gasteiger charge is 2.80. The molecule has 8 rings (SSSR count). The predicted molar refractivity (Wildman–Crippen MR) is 235 cm³/mol. The largest absolute Gasteiger partial charge is 0.496 e. The van der Waals surface area contributed by atoms with Crippen molar-refractivity contribution < 1.29 is 66.8 Å². The van der Waals surface area contributed by atoms with Crippen LogP contribution in [-0.4, -0.2) is 112 Å². The van der Waals surface area contributed by atoms with Gasteiger partial charge in [-0.2, -0.15) is 0 Å². The quantitative estimate of drug-likeness (QED) is 0.200. The van der Waals surface area contributed by atoms with Crippen LogP contribution in [0.25, 0.3) is 0 Å². The molecule has 2 aromatic carbocycles. The van der Waals surface area contributed by atoms with Crippen LogP contribution >= 0.6 is 0 Å². The third kappa shape index (κ3) is 7.92. The fourth-order valence-corrected chi connectivity index (χ4v) is 12.0. The van der Waals surface area contributed by atoms with E-state index in [1.54, 1.807) is 39.0 Å². The van der Waals surface area contributed by atoms with Crippen LogP contribution in [0.15, 0.2) is 78.4 Å². The lowest BCUT2D eigenvalue weighted by molar-refractivity contribution is -0.235. The van der Waals surface area contributed by atoms with Gasteiger partial charge in [0.15, 0.2) is 34.9 Å². The molecular formula is C51H56F2N2O12. The fraction of sp³-hybridized carbons (Fsp3) is 0.510. The minimum Gasteiger partial charge on any atom is -0.496 e. The number of alkyl halides is 2. The second kappa shape index (κ2) is 17.8. The van der Waals surface area contributed by atoms with Crippen molar-refractivity contribution in [1.29, 1.82) is 0 Å². The monoisotopic (exact) mass is 926 g/mol. The number of aliphatic hydroxyl groups excluding tert-OH is 2. The SMILES string of the molecule is COc1cc(Cc2ccc([C@@H]3O[C@@H]4C[C@H]5[C@@H]6C[C@H](F)C7=CC(=O)C=C[C@]7(C)[C@@]6(F)[C@@H](O)C[C@]5(C)[C@]4(C(=O)CO)O3)cc2)ccc1CC(=O)[C@H](C)NC(=O)[C@H](C)CC(=O)CCN1C(=O)C=CC1=O. The van der Waals surface area contributed by atoms with E-state index in [9.17, 15) is 43.8 Å². The molecule has 14 nitrogen and oxygen atoms in total. The average molecular weight is 927 g/mol. The van der Waals surface area contributed by atoms with Crippen molar-refractivity contribution in [2.75, 3.05) is 20.3 Å². The van der Waals surface area contributed by atoms with E-state index in [0.29, 0.717) is 23.3 Å². The Morgan fingerprint density at radius 1 is 0.970 bits per heavy atom. The molecular weight excluding hydrogens is 871 g/mol. The number of imide groups is 1. The Balaban J connectivity index is 0.892. The van der Waals surface area contributed by atoms with E-state index in [0.717, 1.165) is 34.3 Å². The maximum Gasteiger partial charge on any atom is 0.253 e. The second-order valence-electron chi connectivity index (χ2n) is 19.5. The van der Waals surface area contributed by atoms with Gasteiger partial charge in [0.1, 0.15) is 24.3 Å². The molecule has 0 aromatic heterocycles. The summed E-state index contributed by atoms with van der Waals surface area (Å²) in [5, 5.41) is 24.8. The number of ketones is 4. The molecule has 4 fully saturated rings. The molecule has 3 saturated carbocycles. The van der Waals surface area contributed by atoms with Gasteiger partial charge in [-0.25, -0.2) is 8.78 Å². The lowest BCUT2D eigenvalue weighted by Crippen LogP contribution is -2.70. The number of Topliss-reactive ketones (excluding diaryl/α,β-unsaturated/α-hetero) is 3. The molecule has 0 unspecified atom stereocenters. The number of methoxy groups -OCH3 is 1. The number of nitrogens with zero attached hydrogens (tertiary/aromatic N) is 1. The molecule has 2 aromatic rings. The topological polar surface area (TPSA) is 203 Å². The first-order chi connectivity index (χ1) is 31.7. The van der Waals surface area contributed by atoms with E-state index in [1.165, 1.54) is 26.2 Å². The summed E-state index contributed by atoms with van der Waals surface area (Å²) >= 11 is 0. The first-order valence-electron chi connectivity index (χ1n) is 22.8. The van der Waals surface area contributed by atoms with Crippen molar-refractivity contribution in [1.82, 2.24) is 10.2 Å². The number of fused-ring (bicyclic) bond motifs is 7. The van der Waals surface area contributed by atoms with Crippen molar-refractivity contribution in [3.05, 3.63) is 101 Å². The number of ether oxygens (including phenoxy) is 3. The Kier molecular flexibility index (Phi) is 12.8. The summed E-state index contributed by atoms with van der Waals surface area (Å²) in [6.07, 6.45) is 0.513. The van der Waals surface area contributed by atoms with E-state index in [-0.39, 0.29) is 62.2 Å². The molecule has 12 atom stereocenters. The standard InChI is InChI=1S/C51H56F2N2O12/c1-27(18-34(58)15-17-55-44(62)12-13-45(55)63)46(64)54-28(2)39(59)21-32-11-8-30(20-40(32)65-5)19-29-6-9-31(10-7-29)47-66-43-24-35-36-23-38(52)37-22-33(57)14-16-48(37,3)50(36,53)41(60)25-49(35,4)51(43,67-47)42(61)26-56/h6-14,16,20,22,27-28,35-36,38,41,43,47,56,60H,15,17-19,21,23-26H2,1-5H3,(H,54,64)/t27-,28+,35+,36+,38+,41+,43-,47-,48+,49+,50+,51-/m1/s1. The van der Waals surface area contributed by atoms with Crippen LogP contribution in [0, 0.1) is 28.6 Å². The summed E-state index contributed by atoms with van der Waals surface area (Å²) in [5.41, 5.74) is -4.01. The Morgan fingerprint density at radius 3 is 2.33 bits per heavy atom. The van der Waals surface area contributed by atoms with Crippen molar-refractivity contribution in [3.8, 4) is 5.75 Å². The number of hydrogen-bond donors (Lipinski definition) is 3. The number of carbonyl (C=O) groups is 7. The number of benzene rings is 2. The normalized spacial score (nSPS) is 33.6. The van der Waals surface area contributed by atoms with Gasteiger partial charge >= 0.3 is 0 Å². The zero-order valence-electron chi connectivity index (χ0n) is 38.1. The third-order valence-corrected chi connectivity index (χ3v) is 15.6. The first-order valence-corrected chi connectivity index (χ1v) is 22.8. The van der Waals surface area contributed by atoms with Crippen molar-refractivity contribution in [3.63, 3.8) is 0 Å². The van der Waals surface area contributed by atoms with Crippen LogP contribution in [0.2, 0.25) is 0 Å². The number of amides is 3. The number of carbonyl (C=O) groups excluding carboxylic acids is 7. The summed E-state index contributed by atoms with van der Waals surface area (Å²) in [6, 6.07) is 11.9. The van der Waals surface area contributed by atoms with Gasteiger partial charge < -0.3 is 29.7 Å². The molecule has 16 heteroatoms. The molecule has 6 aliphatic rings. The van der Waals surface area contributed by atoms with Gasteiger partial charge in [0.05, 0.1) is 25.4 Å². The van der Waals surface area contributed by atoms with Crippen LogP contribution in [0.5, 0.6) is 5.75 Å². The summed E-state index contributed by atoms with van der Waals surface area (Å²) < 4.78 is 52.5. The van der Waals surface area contributed by atoms with Crippen LogP contribution in [0.4, 0.5) is 8.78 Å². The van der Waals surface area contributed by atoms with Crippen molar-refractivity contribution >= 4 is 40.9 Å². The van der Waals surface area contributed by atoms with Crippen molar-refractivity contribution in [2.24, 2.45) is 28.6 Å². The number of aliphatic hydroxyl groups is 2. The van der Waals surface area contributed by atoms with Gasteiger partial charge in [-0.15, -0.1) is 0 Å². The minimum absolute atomic E-state index is 0.000312. The Morgan fingerprint density at radius 2 is 1.66 bits per heavy atom. The predicted octanol–water partition coefficient (Wildman–Crippen LogP) is 4.46. The van der Waals surface area contributed by atoms with Gasteiger partial charge in [0.25, 0.3) is 11.8 Å². The molecule has 356 valence electrons. The molecule has 1 saturated heterocycles. The molecule has 2 heterocycles. The fourth-order valence-electron chi connectivity index (χ4n) is 12.0. The maximum absolute atomic E-state index is 17.8. The summed E-state index contributed by atoms with van der Waals surface area (Å²) in [6.45, 7) is 5.42. The zero-order chi connectivity index (χ0) is 48.4. The number of halogens is 2. The second-order valence-corrected chi connectivity index (χ2v) is 19.5. The summed E-state index contributed by atoms with van der Waals surface area (Å²) in [7, 11) is 1.49. The highest BCUT2D eigenvalue weighted by molar-refractivity contribution is 6.13. The Bertz CT molecular complexity index is 2490. The van der Waals surface area contributed by atoms with Gasteiger partial charge in [-0.3, -0.25) is 38.5 Å². The molecule has 0 bridgehead atoms. The Labute approximate surface area is 386 Å². The molecule has 4 aliphatic carbocycles. The van der Waals surface area contributed by atoms with E-state index >= 15 is 8.78 Å². The van der Waals surface area contributed by atoms with Crippen LogP contribution in [-0.2, 0) is 55.9 Å². The van der Waals surface area contributed by atoms with Crippen LogP contribution < -0.4 is 10.1 Å². The average Bonchev–Trinajstić information content (AvgIpc) is 3.92. The molecule has 3 N–H and O–H groups in total. The highest BCUT2D eigenvalue weighted by atomic mass is 19.1. The lowest BCUT2D eigenvalue weighted by Gasteiger charge is -2.63. The molecule has 0 radical (unpaired) electrons. The van der Waals surface area contributed by atoms with Crippen LogP contribution in [0.3, 0.4) is 0 Å². The van der Waals surface area contributed by atoms with Gasteiger partial charge in [0, 0.05) is 71.8 Å². The first kappa shape index (κ1) is 47.9. The smallest absolute Gasteiger partial charge is 0.253 e. The summed E-state index contributed by atoms with van der Waals surface area (Å²) in [4.78, 5) is 89.3. The number of allylic oxidation sites excluding steroid dienone is 4. The highest BCUT2D eigenvalue weighted by Crippen LogP contribution is 2.72.